The maximum atomic E-state index is 6.61. The van der Waals surface area contributed by atoms with Gasteiger partial charge in [0.25, 0.3) is 0 Å². The van der Waals surface area contributed by atoms with Crippen LogP contribution in [0.15, 0.2) is 35.8 Å². The van der Waals surface area contributed by atoms with Crippen molar-refractivity contribution in [2.24, 2.45) is 0 Å². The van der Waals surface area contributed by atoms with Crippen LogP contribution in [0.3, 0.4) is 0 Å². The van der Waals surface area contributed by atoms with E-state index in [9.17, 15) is 0 Å². The molecule has 0 amide bonds. The monoisotopic (exact) mass is 534 g/mol. The summed E-state index contributed by atoms with van der Waals surface area (Å²) < 4.78 is 15.4. The van der Waals surface area contributed by atoms with Gasteiger partial charge < -0.3 is 0 Å². The van der Waals surface area contributed by atoms with Gasteiger partial charge in [0.05, 0.1) is 0 Å². The quantitative estimate of drug-likeness (QED) is 0.363. The molecule has 31 heavy (non-hydrogen) atoms. The molecule has 1 heterocycles. The van der Waals surface area contributed by atoms with E-state index in [0.717, 1.165) is 0 Å². The molecule has 1 aromatic rings. The summed E-state index contributed by atoms with van der Waals surface area (Å²) >= 11 is -3.35. The van der Waals surface area contributed by atoms with Crippen LogP contribution in [0.2, 0.25) is 10.3 Å². The number of rotatable bonds is 3. The molecule has 0 radical (unpaired) electrons. The van der Waals surface area contributed by atoms with E-state index in [2.05, 4.69) is 127 Å². The maximum absolute atomic E-state index is 6.61. The van der Waals surface area contributed by atoms with Crippen LogP contribution in [0.4, 0.5) is 0 Å². The molecule has 0 aliphatic carbocycles. The van der Waals surface area contributed by atoms with Crippen molar-refractivity contribution >= 4 is 29.1 Å². The van der Waals surface area contributed by atoms with Gasteiger partial charge in [0, 0.05) is 0 Å². The molecule has 1 aromatic carbocycles. The summed E-state index contributed by atoms with van der Waals surface area (Å²) in [4.78, 5) is 0. The third-order valence-corrected chi connectivity index (χ3v) is 31.2. The van der Waals surface area contributed by atoms with Gasteiger partial charge in [-0.1, -0.05) is 0 Å². The van der Waals surface area contributed by atoms with E-state index in [1.165, 1.54) is 11.0 Å². The molecule has 174 valence electrons. The van der Waals surface area contributed by atoms with E-state index in [-0.39, 0.29) is 28.6 Å². The van der Waals surface area contributed by atoms with Gasteiger partial charge in [-0.05, 0) is 0 Å². The molecule has 0 spiro atoms. The molecular weight excluding hydrogens is 486 g/mol. The Hall–Kier alpha value is -0.256. The molecule has 2 nitrogen and oxygen atoms in total. The first-order valence-corrected chi connectivity index (χ1v) is 17.5. The van der Waals surface area contributed by atoms with E-state index in [0.29, 0.717) is 0 Å². The van der Waals surface area contributed by atoms with E-state index in [1.807, 2.05) is 0 Å². The minimum absolute atomic E-state index is 0.196. The average Bonchev–Trinajstić information content (AvgIpc) is 2.76. The Balaban J connectivity index is 3.00. The van der Waals surface area contributed by atoms with Gasteiger partial charge in [0.2, 0.25) is 0 Å². The Kier molecular flexibility index (Phi) is 7.14. The van der Waals surface area contributed by atoms with Gasteiger partial charge >= 0.3 is 198 Å². The van der Waals surface area contributed by atoms with Crippen LogP contribution in [-0.2, 0) is 9.31 Å². The van der Waals surface area contributed by atoms with Crippen molar-refractivity contribution in [3.05, 3.63) is 41.4 Å². The number of allylic oxidation sites excluding steroid dienone is 1. The molecule has 0 saturated carbocycles. The van der Waals surface area contributed by atoms with Gasteiger partial charge in [0.1, 0.15) is 0 Å². The predicted molar refractivity (Wildman–Crippen MR) is 140 cm³/mol. The Morgan fingerprint density at radius 1 is 0.710 bits per heavy atom. The topological polar surface area (TPSA) is 18.5 Å². The normalized spacial score (nSPS) is 20.6. The van der Waals surface area contributed by atoms with Gasteiger partial charge in [-0.25, -0.2) is 0 Å². The predicted octanol–water partition coefficient (Wildman–Crippen LogP) is 8.48. The van der Waals surface area contributed by atoms with Gasteiger partial charge in [-0.2, -0.15) is 0 Å². The summed E-state index contributed by atoms with van der Waals surface area (Å²) in [7, 11) is -0.316. The van der Waals surface area contributed by atoms with E-state index in [4.69, 9.17) is 9.31 Å². The Labute approximate surface area is 197 Å². The molecule has 1 aliphatic rings. The fourth-order valence-electron chi connectivity index (χ4n) is 6.98. The second kappa shape index (κ2) is 8.20. The summed E-state index contributed by atoms with van der Waals surface area (Å²) in [5, 5.41) is 0. The van der Waals surface area contributed by atoms with Crippen LogP contribution >= 0.6 is 0 Å². The van der Waals surface area contributed by atoms with Crippen molar-refractivity contribution in [3.63, 3.8) is 0 Å². The van der Waals surface area contributed by atoms with Crippen molar-refractivity contribution in [1.82, 2.24) is 0 Å². The van der Waals surface area contributed by atoms with Crippen LogP contribution in [-0.4, -0.2) is 36.7 Å². The molecule has 0 atom stereocenters. The zero-order valence-electron chi connectivity index (χ0n) is 22.8. The third-order valence-electron chi connectivity index (χ3n) is 7.81. The summed E-state index contributed by atoms with van der Waals surface area (Å²) in [6, 6.07) is 11.1. The Bertz CT molecular complexity index is 765. The first kappa shape index (κ1) is 27.0. The fourth-order valence-corrected chi connectivity index (χ4v) is 36.4. The average molecular weight is 533 g/mol. The van der Waals surface area contributed by atoms with Crippen molar-refractivity contribution in [3.8, 4) is 0 Å². The zero-order chi connectivity index (χ0) is 24.3. The van der Waals surface area contributed by atoms with E-state index < -0.39 is 18.4 Å². The first-order valence-electron chi connectivity index (χ1n) is 11.8. The Morgan fingerprint density at radius 3 is 1.39 bits per heavy atom. The van der Waals surface area contributed by atoms with E-state index in [1.54, 1.807) is 3.59 Å². The second-order valence-electron chi connectivity index (χ2n) is 13.5. The molecule has 0 N–H and O–H groups in total. The molecule has 0 bridgehead atoms. The van der Waals surface area contributed by atoms with Gasteiger partial charge in [-0.3, -0.25) is 0 Å². The summed E-state index contributed by atoms with van der Waals surface area (Å²) in [5.74, 6) is 0. The first-order chi connectivity index (χ1) is 13.7. The molecular formula is C27H47BO2Sn. The summed E-state index contributed by atoms with van der Waals surface area (Å²) in [6.45, 7) is 33.2. The number of hydrogen-bond acceptors (Lipinski definition) is 2. The van der Waals surface area contributed by atoms with Crippen molar-refractivity contribution in [2.75, 3.05) is 0 Å². The molecule has 1 fully saturated rings. The molecule has 2 rings (SSSR count). The van der Waals surface area contributed by atoms with Gasteiger partial charge in [0.15, 0.2) is 0 Å². The van der Waals surface area contributed by atoms with Crippen LogP contribution in [0.1, 0.15) is 102 Å². The zero-order valence-corrected chi connectivity index (χ0v) is 25.6. The fraction of sp³-hybridized carbons (Fsp3) is 0.704. The van der Waals surface area contributed by atoms with Crippen LogP contribution in [0.5, 0.6) is 0 Å². The SMILES string of the molecule is C/C(B1OC(C)(C)C(C)(C)O1)=[C](\c1ccccc1)[Sn]([C](C)(C)C)([C](C)(C)C)[C](C)(C)C. The van der Waals surface area contributed by atoms with Crippen LogP contribution < -0.4 is 0 Å². The van der Waals surface area contributed by atoms with Crippen molar-refractivity contribution < 1.29 is 9.31 Å². The van der Waals surface area contributed by atoms with Gasteiger partial charge in [-0.15, -0.1) is 0 Å². The van der Waals surface area contributed by atoms with Crippen molar-refractivity contribution in [2.45, 2.75) is 118 Å². The third kappa shape index (κ3) is 4.45. The summed E-state index contributed by atoms with van der Waals surface area (Å²) in [6.07, 6.45) is 0. The molecule has 4 heteroatoms. The number of benzene rings is 1. The second-order valence-corrected chi connectivity index (χ2v) is 32.1. The molecule has 1 aliphatic heterocycles. The van der Waals surface area contributed by atoms with Crippen LogP contribution in [0, 0.1) is 0 Å². The number of hydrogen-bond donors (Lipinski definition) is 0. The Morgan fingerprint density at radius 2 is 1.06 bits per heavy atom. The standard InChI is InChI=1S/C15H20BO2.3C4H9.Sn/c1-12(11-13-9-7-6-8-10-13)16-17-14(2,3)15(4,5)18-16;3*1-4(2)3;/h6-10H,1-5H3;3*1-3H3;. The van der Waals surface area contributed by atoms with Crippen LogP contribution in [0.25, 0.3) is 3.59 Å². The molecule has 0 unspecified atom stereocenters. The summed E-state index contributed by atoms with van der Waals surface area (Å²) in [5.41, 5.74) is 1.94. The molecule has 0 aromatic heterocycles. The van der Waals surface area contributed by atoms with E-state index >= 15 is 0 Å². The van der Waals surface area contributed by atoms with Crippen molar-refractivity contribution in [1.29, 1.82) is 0 Å². The molecule has 1 saturated heterocycles. The minimum atomic E-state index is -3.35.